The first-order chi connectivity index (χ1) is 7.86. The van der Waals surface area contributed by atoms with E-state index in [1.54, 1.807) is 0 Å². The van der Waals surface area contributed by atoms with Gasteiger partial charge < -0.3 is 14.7 Å². The summed E-state index contributed by atoms with van der Waals surface area (Å²) in [5.74, 6) is 2.18. The molecule has 3 rings (SSSR count). The van der Waals surface area contributed by atoms with Gasteiger partial charge in [0.1, 0.15) is 0 Å². The maximum atomic E-state index is 9.02. The zero-order valence-corrected chi connectivity index (χ0v) is 8.85. The average molecular weight is 219 g/mol. The van der Waals surface area contributed by atoms with Crippen LogP contribution < -0.4 is 9.47 Å². The van der Waals surface area contributed by atoms with Gasteiger partial charge in [0.15, 0.2) is 11.5 Å². The van der Waals surface area contributed by atoms with Crippen molar-refractivity contribution in [1.82, 2.24) is 0 Å². The fourth-order valence-electron chi connectivity index (χ4n) is 1.89. The van der Waals surface area contributed by atoms with Crippen molar-refractivity contribution in [2.24, 2.45) is 11.1 Å². The molecule has 4 nitrogen and oxygen atoms in total. The zero-order valence-electron chi connectivity index (χ0n) is 8.85. The Hall–Kier alpha value is -1.71. The summed E-state index contributed by atoms with van der Waals surface area (Å²) < 4.78 is 10.5. The first-order valence-electron chi connectivity index (χ1n) is 5.48. The second-order valence-electron chi connectivity index (χ2n) is 4.26. The third-order valence-electron chi connectivity index (χ3n) is 3.01. The molecular weight excluding hydrogens is 206 g/mol. The lowest BCUT2D eigenvalue weighted by Gasteiger charge is -2.04. The highest BCUT2D eigenvalue weighted by atomic mass is 16.7. The zero-order chi connectivity index (χ0) is 11.0. The molecular formula is C12H13NO3. The van der Waals surface area contributed by atoms with Crippen LogP contribution in [0.2, 0.25) is 0 Å². The van der Waals surface area contributed by atoms with Gasteiger partial charge in [-0.25, -0.2) is 0 Å². The minimum Gasteiger partial charge on any atom is -0.454 e. The molecule has 0 bridgehead atoms. The topological polar surface area (TPSA) is 51.1 Å². The quantitative estimate of drug-likeness (QED) is 0.482. The fraction of sp³-hybridized carbons (Fsp3) is 0.417. The van der Waals surface area contributed by atoms with E-state index in [2.05, 4.69) is 5.16 Å². The lowest BCUT2D eigenvalue weighted by Crippen LogP contribution is -2.02. The molecule has 1 N–H and O–H groups in total. The van der Waals surface area contributed by atoms with Gasteiger partial charge in [0, 0.05) is 5.56 Å². The second-order valence-corrected chi connectivity index (χ2v) is 4.26. The number of rotatable bonds is 3. The van der Waals surface area contributed by atoms with E-state index in [9.17, 15) is 0 Å². The van der Waals surface area contributed by atoms with Crippen LogP contribution in [-0.4, -0.2) is 17.7 Å². The van der Waals surface area contributed by atoms with Crippen molar-refractivity contribution in [3.8, 4) is 11.5 Å². The molecule has 4 heteroatoms. The molecule has 16 heavy (non-hydrogen) atoms. The third kappa shape index (κ3) is 1.71. The Morgan fingerprint density at radius 3 is 2.88 bits per heavy atom. The lowest BCUT2D eigenvalue weighted by molar-refractivity contribution is 0.174. The molecule has 0 spiro atoms. The molecule has 1 aromatic carbocycles. The number of hydrogen-bond acceptors (Lipinski definition) is 4. The Balaban J connectivity index is 1.86. The summed E-state index contributed by atoms with van der Waals surface area (Å²) in [5, 5.41) is 12.4. The molecule has 1 heterocycles. The number of benzene rings is 1. The van der Waals surface area contributed by atoms with Crippen LogP contribution in [0.5, 0.6) is 11.5 Å². The van der Waals surface area contributed by atoms with Crippen molar-refractivity contribution in [3.63, 3.8) is 0 Å². The SMILES string of the molecule is O/N=C(\CC1CC1)c1ccc2c(c1)OCO2. The van der Waals surface area contributed by atoms with E-state index in [4.69, 9.17) is 14.7 Å². The summed E-state index contributed by atoms with van der Waals surface area (Å²) in [6, 6.07) is 5.64. The summed E-state index contributed by atoms with van der Waals surface area (Å²) in [4.78, 5) is 0. The van der Waals surface area contributed by atoms with E-state index in [1.165, 1.54) is 12.8 Å². The molecule has 1 saturated carbocycles. The molecule has 0 saturated heterocycles. The molecule has 1 aliphatic heterocycles. The second kappa shape index (κ2) is 3.70. The van der Waals surface area contributed by atoms with E-state index in [1.807, 2.05) is 18.2 Å². The van der Waals surface area contributed by atoms with E-state index in [0.717, 1.165) is 29.2 Å². The molecule has 1 fully saturated rings. The predicted molar refractivity (Wildman–Crippen MR) is 58.2 cm³/mol. The standard InChI is InChI=1S/C12H13NO3/c14-13-10(5-8-1-2-8)9-3-4-11-12(6-9)16-7-15-11/h3-4,6,8,14H,1-2,5,7H2/b13-10+. The summed E-state index contributed by atoms with van der Waals surface area (Å²) in [6.45, 7) is 0.271. The summed E-state index contributed by atoms with van der Waals surface area (Å²) in [6.07, 6.45) is 3.32. The van der Waals surface area contributed by atoms with Crippen LogP contribution in [0.4, 0.5) is 0 Å². The lowest BCUT2D eigenvalue weighted by atomic mass is 10.0. The van der Waals surface area contributed by atoms with Gasteiger partial charge in [-0.15, -0.1) is 0 Å². The number of hydrogen-bond donors (Lipinski definition) is 1. The largest absolute Gasteiger partial charge is 0.454 e. The monoisotopic (exact) mass is 219 g/mol. The number of nitrogens with zero attached hydrogens (tertiary/aromatic N) is 1. The molecule has 1 aromatic rings. The van der Waals surface area contributed by atoms with Crippen LogP contribution in [0.1, 0.15) is 24.8 Å². The van der Waals surface area contributed by atoms with Crippen LogP contribution in [0, 0.1) is 5.92 Å². The Kier molecular flexibility index (Phi) is 2.20. The Morgan fingerprint density at radius 1 is 1.31 bits per heavy atom. The molecule has 0 radical (unpaired) electrons. The smallest absolute Gasteiger partial charge is 0.231 e. The van der Waals surface area contributed by atoms with Gasteiger partial charge >= 0.3 is 0 Å². The maximum Gasteiger partial charge on any atom is 0.231 e. The van der Waals surface area contributed by atoms with Gasteiger partial charge in [0.2, 0.25) is 6.79 Å². The molecule has 0 unspecified atom stereocenters. The van der Waals surface area contributed by atoms with Crippen LogP contribution in [-0.2, 0) is 0 Å². The minimum absolute atomic E-state index is 0.271. The highest BCUT2D eigenvalue weighted by Gasteiger charge is 2.25. The number of oxime groups is 1. The summed E-state index contributed by atoms with van der Waals surface area (Å²) in [5.41, 5.74) is 1.65. The molecule has 84 valence electrons. The van der Waals surface area contributed by atoms with E-state index < -0.39 is 0 Å². The maximum absolute atomic E-state index is 9.02. The third-order valence-corrected chi connectivity index (χ3v) is 3.01. The van der Waals surface area contributed by atoms with Crippen molar-refractivity contribution >= 4 is 5.71 Å². The van der Waals surface area contributed by atoms with E-state index in [-0.39, 0.29) is 6.79 Å². The van der Waals surface area contributed by atoms with Crippen molar-refractivity contribution in [3.05, 3.63) is 23.8 Å². The van der Waals surface area contributed by atoms with Crippen LogP contribution in [0.25, 0.3) is 0 Å². The minimum atomic E-state index is 0.271. The van der Waals surface area contributed by atoms with Crippen LogP contribution >= 0.6 is 0 Å². The van der Waals surface area contributed by atoms with Gasteiger partial charge in [0.25, 0.3) is 0 Å². The Bertz CT molecular complexity index is 438. The molecule has 2 aliphatic rings. The van der Waals surface area contributed by atoms with Gasteiger partial charge in [-0.1, -0.05) is 5.16 Å². The van der Waals surface area contributed by atoms with Crippen molar-refractivity contribution in [1.29, 1.82) is 0 Å². The van der Waals surface area contributed by atoms with Crippen LogP contribution in [0.3, 0.4) is 0 Å². The predicted octanol–water partition coefficient (Wildman–Crippen LogP) is 2.39. The van der Waals surface area contributed by atoms with Gasteiger partial charge in [-0.3, -0.25) is 0 Å². The van der Waals surface area contributed by atoms with Crippen molar-refractivity contribution in [2.75, 3.05) is 6.79 Å². The first-order valence-corrected chi connectivity index (χ1v) is 5.48. The van der Waals surface area contributed by atoms with E-state index in [0.29, 0.717) is 5.92 Å². The van der Waals surface area contributed by atoms with Crippen molar-refractivity contribution < 1.29 is 14.7 Å². The Labute approximate surface area is 93.5 Å². The highest BCUT2D eigenvalue weighted by Crippen LogP contribution is 2.36. The van der Waals surface area contributed by atoms with Gasteiger partial charge in [-0.2, -0.15) is 0 Å². The van der Waals surface area contributed by atoms with Gasteiger partial charge in [0.05, 0.1) is 5.71 Å². The normalized spacial score (nSPS) is 18.9. The number of ether oxygens (including phenoxy) is 2. The van der Waals surface area contributed by atoms with Crippen LogP contribution in [0.15, 0.2) is 23.4 Å². The fourth-order valence-corrected chi connectivity index (χ4v) is 1.89. The summed E-state index contributed by atoms with van der Waals surface area (Å²) in [7, 11) is 0. The highest BCUT2D eigenvalue weighted by molar-refractivity contribution is 6.01. The average Bonchev–Trinajstić information content (AvgIpc) is 3.01. The number of fused-ring (bicyclic) bond motifs is 1. The first kappa shape index (κ1) is 9.51. The molecule has 1 aliphatic carbocycles. The molecule has 0 atom stereocenters. The molecule has 0 amide bonds. The molecule has 0 aromatic heterocycles. The Morgan fingerprint density at radius 2 is 2.12 bits per heavy atom. The summed E-state index contributed by atoms with van der Waals surface area (Å²) >= 11 is 0. The van der Waals surface area contributed by atoms with Crippen molar-refractivity contribution in [2.45, 2.75) is 19.3 Å². The van der Waals surface area contributed by atoms with E-state index >= 15 is 0 Å². The van der Waals surface area contributed by atoms with Gasteiger partial charge in [-0.05, 0) is 43.4 Å².